The quantitative estimate of drug-likeness (QED) is 0.748. The molecule has 1 aromatic heterocycles. The molecule has 1 heterocycles. The van der Waals surface area contributed by atoms with E-state index >= 15 is 0 Å². The van der Waals surface area contributed by atoms with Gasteiger partial charge in [0, 0.05) is 31.9 Å². The van der Waals surface area contributed by atoms with Gasteiger partial charge >= 0.3 is 0 Å². The van der Waals surface area contributed by atoms with Crippen LogP contribution >= 0.6 is 0 Å². The number of nitrogens with one attached hydrogen (secondary N) is 1. The fraction of sp³-hybridized carbons (Fsp3) is 0.636. The van der Waals surface area contributed by atoms with Crippen LogP contribution in [0, 0.1) is 5.92 Å². The molecule has 1 nitrogen and oxygen atoms in total. The summed E-state index contributed by atoms with van der Waals surface area (Å²) in [5, 5.41) is 0. The molecule has 0 bridgehead atoms. The summed E-state index contributed by atoms with van der Waals surface area (Å²) in [6.07, 6.45) is 11.2. The molecule has 2 heteroatoms. The van der Waals surface area contributed by atoms with Crippen LogP contribution in [0.2, 0.25) is 0 Å². The fourth-order valence-electron chi connectivity index (χ4n) is 1.70. The Morgan fingerprint density at radius 2 is 1.69 bits per heavy atom. The molecule has 0 aromatic carbocycles. The Balaban J connectivity index is 0.000000215. The molecule has 0 amide bonds. The first-order chi connectivity index (χ1) is 5.93. The smallest absolute Gasteiger partial charge is 0.000496 e. The molecule has 1 fully saturated rings. The van der Waals surface area contributed by atoms with Crippen molar-refractivity contribution in [2.24, 2.45) is 5.92 Å². The summed E-state index contributed by atoms with van der Waals surface area (Å²) in [5.41, 5.74) is 0. The zero-order valence-electron chi connectivity index (χ0n) is 8.28. The molecule has 0 unspecified atom stereocenters. The molecule has 76 valence electrons. The molecule has 1 N–H and O–H groups in total. The van der Waals surface area contributed by atoms with Gasteiger partial charge in [-0.3, -0.25) is 0 Å². The van der Waals surface area contributed by atoms with Gasteiger partial charge in [0.05, 0.1) is 0 Å². The minimum atomic E-state index is 0. The second kappa shape index (κ2) is 8.50. The van der Waals surface area contributed by atoms with Crippen molar-refractivity contribution in [1.82, 2.24) is 4.98 Å². The van der Waals surface area contributed by atoms with E-state index in [1.54, 1.807) is 0 Å². The zero-order chi connectivity index (χ0) is 8.65. The first-order valence-electron chi connectivity index (χ1n) is 5.01. The molecule has 1 saturated carbocycles. The second-order valence-corrected chi connectivity index (χ2v) is 3.44. The van der Waals surface area contributed by atoms with Gasteiger partial charge in [-0.25, -0.2) is 0 Å². The molecule has 2 rings (SSSR count). The molecule has 0 spiro atoms. The molecule has 1 aromatic rings. The number of aromatic amines is 1. The van der Waals surface area contributed by atoms with Crippen molar-refractivity contribution < 1.29 is 19.5 Å². The predicted molar refractivity (Wildman–Crippen MR) is 53.0 cm³/mol. The zero-order valence-corrected chi connectivity index (χ0v) is 10.0. The number of hydrogen-bond donors (Lipinski definition) is 1. The maximum Gasteiger partial charge on any atom is 0.000496 e. The normalized spacial score (nSPS) is 15.8. The monoisotopic (exact) mass is 267 g/mol. The molecule has 0 radical (unpaired) electrons. The van der Waals surface area contributed by atoms with Gasteiger partial charge in [-0.2, -0.15) is 0 Å². The van der Waals surface area contributed by atoms with E-state index in [1.165, 1.54) is 32.1 Å². The topological polar surface area (TPSA) is 15.8 Å². The van der Waals surface area contributed by atoms with Crippen LogP contribution in [0.15, 0.2) is 24.5 Å². The molecule has 1 aliphatic carbocycles. The summed E-state index contributed by atoms with van der Waals surface area (Å²) in [6, 6.07) is 3.89. The van der Waals surface area contributed by atoms with E-state index in [0.717, 1.165) is 5.92 Å². The SMILES string of the molecule is CCC1CCCC1.[Ru].c1cc[nH]c1. The molecule has 1 aliphatic rings. The summed E-state index contributed by atoms with van der Waals surface area (Å²) in [7, 11) is 0. The molecular formula is C11H19NRu. The van der Waals surface area contributed by atoms with Gasteiger partial charge in [0.25, 0.3) is 0 Å². The summed E-state index contributed by atoms with van der Waals surface area (Å²) in [6.45, 7) is 2.30. The Morgan fingerprint density at radius 1 is 1.15 bits per heavy atom. The third-order valence-corrected chi connectivity index (χ3v) is 2.55. The Hall–Kier alpha value is -0.0966. The van der Waals surface area contributed by atoms with Crippen LogP contribution < -0.4 is 0 Å². The Labute approximate surface area is 94.1 Å². The van der Waals surface area contributed by atoms with Gasteiger partial charge in [-0.05, 0) is 18.1 Å². The Bertz CT molecular complexity index is 149. The van der Waals surface area contributed by atoms with Crippen molar-refractivity contribution in [2.45, 2.75) is 39.0 Å². The third-order valence-electron chi connectivity index (χ3n) is 2.55. The van der Waals surface area contributed by atoms with Gasteiger partial charge in [0.2, 0.25) is 0 Å². The van der Waals surface area contributed by atoms with Crippen LogP contribution in [-0.2, 0) is 19.5 Å². The summed E-state index contributed by atoms with van der Waals surface area (Å²) in [5.74, 6) is 1.10. The largest absolute Gasteiger partial charge is 0.368 e. The van der Waals surface area contributed by atoms with E-state index in [1.807, 2.05) is 24.5 Å². The Kier molecular flexibility index (Phi) is 8.44. The predicted octanol–water partition coefficient (Wildman–Crippen LogP) is 3.60. The number of rotatable bonds is 1. The average Bonchev–Trinajstić information content (AvgIpc) is 2.81. The van der Waals surface area contributed by atoms with Gasteiger partial charge in [-0.1, -0.05) is 39.0 Å². The molecule has 0 saturated heterocycles. The first kappa shape index (κ1) is 12.9. The van der Waals surface area contributed by atoms with Gasteiger partial charge in [0.15, 0.2) is 0 Å². The van der Waals surface area contributed by atoms with Gasteiger partial charge in [-0.15, -0.1) is 0 Å². The maximum absolute atomic E-state index is 2.86. The van der Waals surface area contributed by atoms with Crippen molar-refractivity contribution >= 4 is 0 Å². The van der Waals surface area contributed by atoms with Crippen LogP contribution in [0.4, 0.5) is 0 Å². The van der Waals surface area contributed by atoms with Crippen LogP contribution in [0.1, 0.15) is 39.0 Å². The average molecular weight is 266 g/mol. The van der Waals surface area contributed by atoms with Crippen LogP contribution in [0.5, 0.6) is 0 Å². The summed E-state index contributed by atoms with van der Waals surface area (Å²) in [4.78, 5) is 2.86. The van der Waals surface area contributed by atoms with E-state index in [2.05, 4.69) is 11.9 Å². The van der Waals surface area contributed by atoms with Crippen LogP contribution in [-0.4, -0.2) is 4.98 Å². The third kappa shape index (κ3) is 6.04. The van der Waals surface area contributed by atoms with Gasteiger partial charge < -0.3 is 4.98 Å². The summed E-state index contributed by atoms with van der Waals surface area (Å²) < 4.78 is 0. The molecule has 0 aliphatic heterocycles. The minimum Gasteiger partial charge on any atom is -0.368 e. The Morgan fingerprint density at radius 3 is 1.92 bits per heavy atom. The van der Waals surface area contributed by atoms with E-state index in [-0.39, 0.29) is 19.5 Å². The van der Waals surface area contributed by atoms with Crippen molar-refractivity contribution in [3.05, 3.63) is 24.5 Å². The van der Waals surface area contributed by atoms with Crippen molar-refractivity contribution in [1.29, 1.82) is 0 Å². The van der Waals surface area contributed by atoms with Gasteiger partial charge in [0.1, 0.15) is 0 Å². The molecular weight excluding hydrogens is 247 g/mol. The van der Waals surface area contributed by atoms with E-state index in [0.29, 0.717) is 0 Å². The number of H-pyrrole nitrogens is 1. The molecule has 13 heavy (non-hydrogen) atoms. The maximum atomic E-state index is 2.86. The van der Waals surface area contributed by atoms with E-state index < -0.39 is 0 Å². The fourth-order valence-corrected chi connectivity index (χ4v) is 1.70. The van der Waals surface area contributed by atoms with Crippen LogP contribution in [0.3, 0.4) is 0 Å². The van der Waals surface area contributed by atoms with Crippen molar-refractivity contribution in [3.8, 4) is 0 Å². The van der Waals surface area contributed by atoms with E-state index in [4.69, 9.17) is 0 Å². The van der Waals surface area contributed by atoms with Crippen molar-refractivity contribution in [2.75, 3.05) is 0 Å². The summed E-state index contributed by atoms with van der Waals surface area (Å²) >= 11 is 0. The number of hydrogen-bond acceptors (Lipinski definition) is 0. The minimum absolute atomic E-state index is 0. The standard InChI is InChI=1S/C7H14.C4H5N.Ru/c1-2-7-5-3-4-6-7;1-2-4-5-3-1;/h7H,2-6H2,1H3;1-5H;. The first-order valence-corrected chi connectivity index (χ1v) is 5.01. The number of aromatic nitrogens is 1. The van der Waals surface area contributed by atoms with Crippen LogP contribution in [0.25, 0.3) is 0 Å². The van der Waals surface area contributed by atoms with E-state index in [9.17, 15) is 0 Å². The molecule has 0 atom stereocenters. The second-order valence-electron chi connectivity index (χ2n) is 3.44. The van der Waals surface area contributed by atoms with Crippen molar-refractivity contribution in [3.63, 3.8) is 0 Å².